The lowest BCUT2D eigenvalue weighted by atomic mass is 10.2. The van der Waals surface area contributed by atoms with Crippen LogP contribution in [0.5, 0.6) is 0 Å². The van der Waals surface area contributed by atoms with E-state index in [0.717, 1.165) is 18.1 Å². The Balaban J connectivity index is 4.47. The third-order valence-electron chi connectivity index (χ3n) is 3.19. The molecule has 0 saturated heterocycles. The van der Waals surface area contributed by atoms with Crippen molar-refractivity contribution in [1.82, 2.24) is 0 Å². The second-order valence-electron chi connectivity index (χ2n) is 4.22. The number of carbonyl (C=O) groups is 2. The summed E-state index contributed by atoms with van der Waals surface area (Å²) in [5.41, 5.74) is 0.181. The molecule has 0 bridgehead atoms. The zero-order valence-corrected chi connectivity index (χ0v) is 12.9. The van der Waals surface area contributed by atoms with Crippen LogP contribution in [0, 0.1) is 0 Å². The molecule has 18 heavy (non-hydrogen) atoms. The van der Waals surface area contributed by atoms with Gasteiger partial charge in [-0.15, -0.1) is 0 Å². The lowest BCUT2D eigenvalue weighted by molar-refractivity contribution is -0.144. The highest BCUT2D eigenvalue weighted by Crippen LogP contribution is 2.23. The van der Waals surface area contributed by atoms with Crippen LogP contribution in [-0.2, 0) is 18.8 Å². The number of esters is 1. The molecule has 0 aliphatic carbocycles. The van der Waals surface area contributed by atoms with E-state index in [1.54, 1.807) is 6.92 Å². The fourth-order valence-corrected chi connectivity index (χ4v) is 4.16. The topological polar surface area (TPSA) is 52.6 Å². The van der Waals surface area contributed by atoms with Gasteiger partial charge in [-0.3, -0.25) is 4.79 Å². The molecule has 0 aromatic heterocycles. The monoisotopic (exact) mass is 272 g/mol. The van der Waals surface area contributed by atoms with E-state index < -0.39 is 20.3 Å². The summed E-state index contributed by atoms with van der Waals surface area (Å²) in [6, 6.07) is 2.66. The summed E-state index contributed by atoms with van der Waals surface area (Å²) in [7, 11) is -1.98. The van der Waals surface area contributed by atoms with Crippen molar-refractivity contribution in [2.24, 2.45) is 0 Å². The van der Waals surface area contributed by atoms with Gasteiger partial charge in [0.1, 0.15) is 0 Å². The summed E-state index contributed by atoms with van der Waals surface area (Å²) in [5.74, 6) is -0.878. The third kappa shape index (κ3) is 5.04. The molecule has 0 unspecified atom stereocenters. The Bertz CT molecular complexity index is 300. The Morgan fingerprint density at radius 2 is 1.56 bits per heavy atom. The van der Waals surface area contributed by atoms with Crippen LogP contribution in [0.1, 0.15) is 34.1 Å². The molecule has 0 atom stereocenters. The molecule has 0 rings (SSSR count). The van der Waals surface area contributed by atoms with Crippen LogP contribution in [0.25, 0.3) is 0 Å². The largest absolute Gasteiger partial charge is 0.516 e. The first-order valence-electron chi connectivity index (χ1n) is 6.51. The minimum absolute atomic E-state index is 0.0890. The highest BCUT2D eigenvalue weighted by molar-refractivity contribution is 6.75. The minimum Gasteiger partial charge on any atom is -0.516 e. The molecule has 0 N–H and O–H groups in total. The quantitative estimate of drug-likeness (QED) is 0.387. The van der Waals surface area contributed by atoms with Crippen molar-refractivity contribution in [3.8, 4) is 0 Å². The molecule has 0 amide bonds. The Kier molecular flexibility index (Phi) is 7.58. The van der Waals surface area contributed by atoms with Crippen LogP contribution < -0.4 is 0 Å². The van der Waals surface area contributed by atoms with Crippen molar-refractivity contribution in [1.29, 1.82) is 0 Å². The van der Waals surface area contributed by atoms with E-state index in [4.69, 9.17) is 9.16 Å². The summed E-state index contributed by atoms with van der Waals surface area (Å²) in [6.45, 7) is 11.8. The third-order valence-corrected chi connectivity index (χ3v) is 7.68. The lowest BCUT2D eigenvalue weighted by Crippen LogP contribution is -2.38. The SMILES string of the molecule is C=C(CC(=O)OCC)C(=O)O[Si](CC)(CC)CC. The van der Waals surface area contributed by atoms with Gasteiger partial charge in [0.05, 0.1) is 13.0 Å². The highest BCUT2D eigenvalue weighted by Gasteiger charge is 2.33. The van der Waals surface area contributed by atoms with Gasteiger partial charge in [0.25, 0.3) is 8.32 Å². The van der Waals surface area contributed by atoms with Crippen LogP contribution in [0.2, 0.25) is 18.1 Å². The summed E-state index contributed by atoms with van der Waals surface area (Å²) in [6.07, 6.45) is -0.0890. The average molecular weight is 272 g/mol. The van der Waals surface area contributed by atoms with Crippen molar-refractivity contribution in [2.75, 3.05) is 6.61 Å². The van der Waals surface area contributed by atoms with E-state index in [9.17, 15) is 9.59 Å². The molecule has 0 aromatic rings. The fourth-order valence-electron chi connectivity index (χ4n) is 1.69. The molecule has 0 aliphatic rings. The first-order chi connectivity index (χ1) is 8.44. The summed E-state index contributed by atoms with van der Waals surface area (Å²) in [5, 5.41) is 0. The van der Waals surface area contributed by atoms with Gasteiger partial charge in [0.2, 0.25) is 0 Å². The van der Waals surface area contributed by atoms with E-state index in [1.165, 1.54) is 0 Å². The first-order valence-corrected chi connectivity index (χ1v) is 9.04. The van der Waals surface area contributed by atoms with E-state index >= 15 is 0 Å². The highest BCUT2D eigenvalue weighted by atomic mass is 28.4. The molecule has 0 radical (unpaired) electrons. The van der Waals surface area contributed by atoms with Crippen molar-refractivity contribution < 1.29 is 18.8 Å². The van der Waals surface area contributed by atoms with Crippen molar-refractivity contribution in [3.05, 3.63) is 12.2 Å². The van der Waals surface area contributed by atoms with Gasteiger partial charge in [-0.1, -0.05) is 27.4 Å². The van der Waals surface area contributed by atoms with Gasteiger partial charge < -0.3 is 9.16 Å². The normalized spacial score (nSPS) is 10.9. The van der Waals surface area contributed by atoms with Gasteiger partial charge in [-0.2, -0.15) is 0 Å². The van der Waals surface area contributed by atoms with Crippen LogP contribution in [0.3, 0.4) is 0 Å². The van der Waals surface area contributed by atoms with E-state index in [1.807, 2.05) is 20.8 Å². The maximum atomic E-state index is 11.9. The van der Waals surface area contributed by atoms with Gasteiger partial charge in [0.15, 0.2) is 0 Å². The predicted molar refractivity (Wildman–Crippen MR) is 73.7 cm³/mol. The first kappa shape index (κ1) is 16.9. The van der Waals surface area contributed by atoms with E-state index in [0.29, 0.717) is 6.61 Å². The lowest BCUT2D eigenvalue weighted by Gasteiger charge is -2.27. The van der Waals surface area contributed by atoms with E-state index in [2.05, 4.69) is 6.58 Å². The zero-order valence-electron chi connectivity index (χ0n) is 11.9. The molecule has 0 fully saturated rings. The fraction of sp³-hybridized carbons (Fsp3) is 0.692. The molecule has 0 saturated carbocycles. The van der Waals surface area contributed by atoms with Gasteiger partial charge in [-0.05, 0) is 25.1 Å². The van der Waals surface area contributed by atoms with Crippen molar-refractivity contribution in [3.63, 3.8) is 0 Å². The molecule has 104 valence electrons. The van der Waals surface area contributed by atoms with Crippen molar-refractivity contribution >= 4 is 20.3 Å². The second kappa shape index (κ2) is 8.08. The zero-order chi connectivity index (χ0) is 14.2. The van der Waals surface area contributed by atoms with Crippen LogP contribution in [-0.4, -0.2) is 26.9 Å². The molecular weight excluding hydrogens is 248 g/mol. The molecule has 4 nitrogen and oxygen atoms in total. The Morgan fingerprint density at radius 3 is 1.94 bits per heavy atom. The number of hydrogen-bond acceptors (Lipinski definition) is 4. The Morgan fingerprint density at radius 1 is 1.06 bits per heavy atom. The number of carbonyl (C=O) groups excluding carboxylic acids is 2. The van der Waals surface area contributed by atoms with Gasteiger partial charge in [0, 0.05) is 5.57 Å². The standard InChI is InChI=1S/C13H24O4Si/c1-6-16-12(14)10-11(5)13(15)17-18(7-2,8-3)9-4/h5-10H2,1-4H3. The molecule has 0 aliphatic heterocycles. The van der Waals surface area contributed by atoms with Crippen molar-refractivity contribution in [2.45, 2.75) is 52.2 Å². The van der Waals surface area contributed by atoms with Gasteiger partial charge >= 0.3 is 11.9 Å². The second-order valence-corrected chi connectivity index (χ2v) is 8.91. The minimum atomic E-state index is -1.98. The van der Waals surface area contributed by atoms with Gasteiger partial charge in [-0.25, -0.2) is 4.79 Å². The molecule has 0 spiro atoms. The molecular formula is C13H24O4Si. The summed E-state index contributed by atoms with van der Waals surface area (Å²) >= 11 is 0. The van der Waals surface area contributed by atoms with Crippen LogP contribution in [0.15, 0.2) is 12.2 Å². The smallest absolute Gasteiger partial charge is 0.320 e. The molecule has 0 heterocycles. The molecule has 0 aromatic carbocycles. The average Bonchev–Trinajstić information content (AvgIpc) is 2.36. The Hall–Kier alpha value is -1.10. The number of rotatable bonds is 8. The van der Waals surface area contributed by atoms with E-state index in [-0.39, 0.29) is 12.0 Å². The summed E-state index contributed by atoms with van der Waals surface area (Å²) in [4.78, 5) is 23.1. The Labute approximate surface area is 110 Å². The maximum absolute atomic E-state index is 11.9. The molecule has 5 heteroatoms. The number of ether oxygens (including phenoxy) is 1. The number of hydrogen-bond donors (Lipinski definition) is 0. The predicted octanol–water partition coefficient (Wildman–Crippen LogP) is 3.04. The maximum Gasteiger partial charge on any atom is 0.320 e. The summed E-state index contributed by atoms with van der Waals surface area (Å²) < 4.78 is 10.4. The van der Waals surface area contributed by atoms with Crippen LogP contribution in [0.4, 0.5) is 0 Å². The van der Waals surface area contributed by atoms with Crippen LogP contribution >= 0.6 is 0 Å².